The summed E-state index contributed by atoms with van der Waals surface area (Å²) in [6, 6.07) is 12.1. The molecule has 0 saturated carbocycles. The highest BCUT2D eigenvalue weighted by molar-refractivity contribution is 6.05. The first-order valence-corrected chi connectivity index (χ1v) is 13.1. The number of nitrogens with zero attached hydrogens (tertiary/aromatic N) is 5. The molecule has 2 aromatic carbocycles. The van der Waals surface area contributed by atoms with E-state index in [1.54, 1.807) is 48.8 Å². The number of piperidine rings is 1. The van der Waals surface area contributed by atoms with Crippen molar-refractivity contribution in [2.45, 2.75) is 44.5 Å². The van der Waals surface area contributed by atoms with Crippen molar-refractivity contribution >= 4 is 23.5 Å². The first-order valence-electron chi connectivity index (χ1n) is 13.1. The van der Waals surface area contributed by atoms with E-state index in [1.165, 1.54) is 4.90 Å². The zero-order valence-electron chi connectivity index (χ0n) is 21.7. The predicted octanol–water partition coefficient (Wildman–Crippen LogP) is 2.82. The summed E-state index contributed by atoms with van der Waals surface area (Å²) in [6.45, 7) is 2.01. The van der Waals surface area contributed by atoms with Gasteiger partial charge in [-0.05, 0) is 47.9 Å². The molecule has 4 heterocycles. The lowest BCUT2D eigenvalue weighted by Crippen LogP contribution is -2.54. The Balaban J connectivity index is 1.12. The number of methoxy groups -OCH3 is 1. The van der Waals surface area contributed by atoms with E-state index in [4.69, 9.17) is 9.47 Å². The summed E-state index contributed by atoms with van der Waals surface area (Å²) < 4.78 is 11.4. The Labute approximate surface area is 226 Å². The molecular weight excluding hydrogens is 498 g/mol. The quantitative estimate of drug-likeness (QED) is 0.432. The van der Waals surface area contributed by atoms with Crippen molar-refractivity contribution in [1.82, 2.24) is 19.8 Å². The second-order valence-corrected chi connectivity index (χ2v) is 10.0. The number of carbonyl (C=O) groups is 3. The lowest BCUT2D eigenvalue weighted by atomic mass is 10.0. The highest BCUT2D eigenvalue weighted by Gasteiger charge is 2.42. The number of ether oxygens (including phenoxy) is 2. The van der Waals surface area contributed by atoms with Crippen LogP contribution in [0.25, 0.3) is 0 Å². The van der Waals surface area contributed by atoms with Crippen LogP contribution in [0.1, 0.15) is 40.7 Å². The van der Waals surface area contributed by atoms with E-state index in [0.29, 0.717) is 36.6 Å². The second-order valence-electron chi connectivity index (χ2n) is 10.0. The fourth-order valence-corrected chi connectivity index (χ4v) is 5.51. The molecule has 0 spiro atoms. The zero-order chi connectivity index (χ0) is 26.9. The average molecular weight is 528 g/mol. The van der Waals surface area contributed by atoms with Gasteiger partial charge in [0.05, 0.1) is 26.4 Å². The molecule has 2 unspecified atom stereocenters. The summed E-state index contributed by atoms with van der Waals surface area (Å²) in [4.78, 5) is 52.9. The van der Waals surface area contributed by atoms with Crippen LogP contribution in [0.15, 0.2) is 61.1 Å². The summed E-state index contributed by atoms with van der Waals surface area (Å²) in [7, 11) is 1.58. The van der Waals surface area contributed by atoms with Crippen LogP contribution in [-0.4, -0.2) is 69.8 Å². The van der Waals surface area contributed by atoms with Gasteiger partial charge in [0, 0.05) is 43.9 Å². The Morgan fingerprint density at radius 3 is 2.59 bits per heavy atom. The van der Waals surface area contributed by atoms with Gasteiger partial charge >= 0.3 is 0 Å². The van der Waals surface area contributed by atoms with E-state index in [1.807, 2.05) is 24.3 Å². The van der Waals surface area contributed by atoms with Crippen molar-refractivity contribution in [3.05, 3.63) is 77.7 Å². The monoisotopic (exact) mass is 527 g/mol. The van der Waals surface area contributed by atoms with Gasteiger partial charge < -0.3 is 19.3 Å². The van der Waals surface area contributed by atoms with Crippen LogP contribution in [0.2, 0.25) is 0 Å². The van der Waals surface area contributed by atoms with Crippen LogP contribution in [0.4, 0.5) is 5.82 Å². The molecule has 3 amide bonds. The Morgan fingerprint density at radius 2 is 1.82 bits per heavy atom. The van der Waals surface area contributed by atoms with Gasteiger partial charge in [-0.15, -0.1) is 0 Å². The number of benzene rings is 2. The summed E-state index contributed by atoms with van der Waals surface area (Å²) in [6.07, 6.45) is 6.46. The molecule has 2 saturated heterocycles. The van der Waals surface area contributed by atoms with Gasteiger partial charge in [-0.3, -0.25) is 24.3 Å². The van der Waals surface area contributed by atoms with Gasteiger partial charge in [-0.2, -0.15) is 0 Å². The van der Waals surface area contributed by atoms with E-state index in [0.717, 1.165) is 29.9 Å². The number of carbonyl (C=O) groups excluding carboxylic acids is 3. The van der Waals surface area contributed by atoms with Crippen molar-refractivity contribution in [1.29, 1.82) is 0 Å². The predicted molar refractivity (Wildman–Crippen MR) is 141 cm³/mol. The van der Waals surface area contributed by atoms with Crippen LogP contribution < -0.4 is 14.4 Å². The summed E-state index contributed by atoms with van der Waals surface area (Å²) in [5.74, 6) is 1.47. The minimum Gasteiger partial charge on any atom is -0.497 e. The number of hydrogen-bond acceptors (Lipinski definition) is 8. The lowest BCUT2D eigenvalue weighted by Gasteiger charge is -2.35. The van der Waals surface area contributed by atoms with Gasteiger partial charge in [0.25, 0.3) is 11.8 Å². The van der Waals surface area contributed by atoms with Crippen molar-refractivity contribution in [2.75, 3.05) is 25.1 Å². The van der Waals surface area contributed by atoms with Gasteiger partial charge in [-0.1, -0.05) is 12.1 Å². The molecule has 2 atom stereocenters. The maximum absolute atomic E-state index is 13.4. The number of rotatable bonds is 7. The molecule has 0 N–H and O–H groups in total. The van der Waals surface area contributed by atoms with E-state index >= 15 is 0 Å². The number of imide groups is 1. The Kier molecular flexibility index (Phi) is 6.60. The van der Waals surface area contributed by atoms with Crippen molar-refractivity contribution in [3.63, 3.8) is 0 Å². The van der Waals surface area contributed by atoms with Gasteiger partial charge in [0.1, 0.15) is 29.5 Å². The molecule has 0 radical (unpaired) electrons. The molecule has 39 heavy (non-hydrogen) atoms. The van der Waals surface area contributed by atoms with Crippen LogP contribution >= 0.6 is 0 Å². The van der Waals surface area contributed by atoms with Crippen LogP contribution in [-0.2, 0) is 22.7 Å². The molecule has 0 aliphatic carbocycles. The fourth-order valence-electron chi connectivity index (χ4n) is 5.51. The average Bonchev–Trinajstić information content (AvgIpc) is 3.56. The largest absolute Gasteiger partial charge is 0.497 e. The summed E-state index contributed by atoms with van der Waals surface area (Å²) in [5.41, 5.74) is 2.22. The first-order chi connectivity index (χ1) is 19.0. The lowest BCUT2D eigenvalue weighted by molar-refractivity contribution is -0.153. The normalized spacial score (nSPS) is 20.9. The molecule has 0 bridgehead atoms. The molecular formula is C29H29N5O5. The topological polar surface area (TPSA) is 105 Å². The Hall–Kier alpha value is -4.47. The number of aromatic nitrogens is 2. The minimum atomic E-state index is -0.680. The van der Waals surface area contributed by atoms with Crippen molar-refractivity contribution in [3.8, 4) is 11.5 Å². The molecule has 3 aliphatic heterocycles. The third kappa shape index (κ3) is 4.89. The third-order valence-electron chi connectivity index (χ3n) is 7.59. The maximum Gasteiger partial charge on any atom is 0.255 e. The number of likely N-dealkylation sites (tertiary alicyclic amines) is 1. The second kappa shape index (κ2) is 10.4. The molecule has 3 aromatic rings. The van der Waals surface area contributed by atoms with Crippen LogP contribution in [0, 0.1) is 0 Å². The third-order valence-corrected chi connectivity index (χ3v) is 7.59. The smallest absolute Gasteiger partial charge is 0.255 e. The van der Waals surface area contributed by atoms with Crippen molar-refractivity contribution in [2.24, 2.45) is 0 Å². The molecule has 6 rings (SSSR count). The van der Waals surface area contributed by atoms with E-state index in [-0.39, 0.29) is 36.8 Å². The Bertz CT molecular complexity index is 1400. The van der Waals surface area contributed by atoms with Crippen molar-refractivity contribution < 1.29 is 23.9 Å². The molecule has 2 fully saturated rings. The Morgan fingerprint density at radius 1 is 1.00 bits per heavy atom. The molecule has 3 aliphatic rings. The molecule has 10 heteroatoms. The first kappa shape index (κ1) is 24.8. The van der Waals surface area contributed by atoms with E-state index < -0.39 is 6.04 Å². The molecule has 1 aromatic heterocycles. The highest BCUT2D eigenvalue weighted by Crippen LogP contribution is 2.33. The number of hydrogen-bond donors (Lipinski definition) is 0. The number of amides is 3. The van der Waals surface area contributed by atoms with E-state index in [9.17, 15) is 14.4 Å². The molecule has 10 nitrogen and oxygen atoms in total. The standard InChI is InChI=1S/C29H29N5O5/c1-38-21-4-2-19(3-5-21)16-34-27(35)9-8-25(29(34)37)33-17-20-14-22(6-7-24(20)28(33)36)39-23-10-13-32(18-23)26-15-30-11-12-31-26/h2-7,11-12,14-15,23,25H,8-10,13,16-18H2,1H3. The van der Waals surface area contributed by atoms with Crippen LogP contribution in [0.5, 0.6) is 11.5 Å². The fraction of sp³-hybridized carbons (Fsp3) is 0.345. The van der Waals surface area contributed by atoms with Gasteiger partial charge in [0.15, 0.2) is 0 Å². The maximum atomic E-state index is 13.4. The zero-order valence-corrected chi connectivity index (χ0v) is 21.7. The van der Waals surface area contributed by atoms with Gasteiger partial charge in [-0.25, -0.2) is 4.98 Å². The van der Waals surface area contributed by atoms with E-state index in [2.05, 4.69) is 14.9 Å². The molecule has 200 valence electrons. The van der Waals surface area contributed by atoms with Gasteiger partial charge in [0.2, 0.25) is 5.91 Å². The number of anilines is 1. The number of fused-ring (bicyclic) bond motifs is 1. The van der Waals surface area contributed by atoms with Crippen LogP contribution in [0.3, 0.4) is 0 Å². The summed E-state index contributed by atoms with van der Waals surface area (Å²) >= 11 is 0. The minimum absolute atomic E-state index is 0.00397. The highest BCUT2D eigenvalue weighted by atomic mass is 16.5. The summed E-state index contributed by atoms with van der Waals surface area (Å²) in [5, 5.41) is 0. The SMILES string of the molecule is COc1ccc(CN2C(=O)CCC(N3Cc4cc(OC5CCN(c6cnccn6)C5)ccc4C3=O)C2=O)cc1.